The topological polar surface area (TPSA) is 50.9 Å². The summed E-state index contributed by atoms with van der Waals surface area (Å²) in [6, 6.07) is 4.63. The summed E-state index contributed by atoms with van der Waals surface area (Å²) in [5, 5.41) is 0. The second kappa shape index (κ2) is 6.49. The van der Waals surface area contributed by atoms with Crippen LogP contribution in [0.4, 0.5) is 0 Å². The van der Waals surface area contributed by atoms with Crippen LogP contribution >= 0.6 is 0 Å². The van der Waals surface area contributed by atoms with Gasteiger partial charge in [0.2, 0.25) is 0 Å². The number of nitrogens with zero attached hydrogens (tertiary/aromatic N) is 1. The summed E-state index contributed by atoms with van der Waals surface area (Å²) in [4.78, 5) is 4.47. The van der Waals surface area contributed by atoms with Gasteiger partial charge in [-0.3, -0.25) is 16.3 Å². The van der Waals surface area contributed by atoms with E-state index < -0.39 is 0 Å². The summed E-state index contributed by atoms with van der Waals surface area (Å²) >= 11 is 0. The lowest BCUT2D eigenvalue weighted by atomic mass is 9.72. The molecule has 1 heterocycles. The number of hydrogen-bond acceptors (Lipinski definition) is 3. The molecule has 0 spiro atoms. The summed E-state index contributed by atoms with van der Waals surface area (Å²) in [6.07, 6.45) is 6.60. The molecule has 1 fully saturated rings. The molecule has 0 saturated heterocycles. The highest BCUT2D eigenvalue weighted by molar-refractivity contribution is 5.24. The zero-order chi connectivity index (χ0) is 13.8. The Bertz CT molecular complexity index is 396. The van der Waals surface area contributed by atoms with E-state index in [1.165, 1.54) is 37.7 Å². The Morgan fingerprint density at radius 2 is 1.89 bits per heavy atom. The van der Waals surface area contributed by atoms with E-state index in [1.807, 2.05) is 0 Å². The Morgan fingerprint density at radius 1 is 1.26 bits per heavy atom. The Labute approximate surface area is 117 Å². The number of nitrogens with two attached hydrogens (primary N) is 1. The molecule has 1 saturated carbocycles. The van der Waals surface area contributed by atoms with Crippen molar-refractivity contribution in [2.24, 2.45) is 17.7 Å². The molecule has 1 aliphatic carbocycles. The highest BCUT2D eigenvalue weighted by Crippen LogP contribution is 2.40. The summed E-state index contributed by atoms with van der Waals surface area (Å²) in [6.45, 7) is 6.42. The number of aromatic nitrogens is 1. The van der Waals surface area contributed by atoms with Gasteiger partial charge in [-0.15, -0.1) is 0 Å². The van der Waals surface area contributed by atoms with Gasteiger partial charge in [-0.25, -0.2) is 0 Å². The van der Waals surface area contributed by atoms with Gasteiger partial charge in [0.25, 0.3) is 0 Å². The summed E-state index contributed by atoms with van der Waals surface area (Å²) in [7, 11) is 0. The molecule has 106 valence electrons. The highest BCUT2D eigenvalue weighted by Gasteiger charge is 2.31. The minimum atomic E-state index is 0.269. The van der Waals surface area contributed by atoms with E-state index in [-0.39, 0.29) is 6.04 Å². The first-order valence-electron chi connectivity index (χ1n) is 7.57. The molecule has 3 unspecified atom stereocenters. The third-order valence-electron chi connectivity index (χ3n) is 4.56. The molecule has 1 aliphatic rings. The number of aryl methyl sites for hydroxylation is 2. The van der Waals surface area contributed by atoms with Gasteiger partial charge in [-0.2, -0.15) is 0 Å². The molecule has 0 aromatic carbocycles. The van der Waals surface area contributed by atoms with Crippen molar-refractivity contribution in [3.05, 3.63) is 29.1 Å². The third-order valence-corrected chi connectivity index (χ3v) is 4.56. The fraction of sp³-hybridized carbons (Fsp3) is 0.688. The van der Waals surface area contributed by atoms with Crippen LogP contribution in [0.2, 0.25) is 0 Å². The van der Waals surface area contributed by atoms with Gasteiger partial charge in [0, 0.05) is 17.4 Å². The van der Waals surface area contributed by atoms with Crippen molar-refractivity contribution < 1.29 is 0 Å². The van der Waals surface area contributed by atoms with Gasteiger partial charge < -0.3 is 0 Å². The van der Waals surface area contributed by atoms with E-state index in [1.54, 1.807) is 0 Å². The smallest absolute Gasteiger partial charge is 0.0492 e. The molecule has 3 nitrogen and oxygen atoms in total. The molecule has 0 amide bonds. The molecule has 0 aliphatic heterocycles. The van der Waals surface area contributed by atoms with Crippen LogP contribution in [0.25, 0.3) is 0 Å². The van der Waals surface area contributed by atoms with Gasteiger partial charge in [0.05, 0.1) is 0 Å². The summed E-state index contributed by atoms with van der Waals surface area (Å²) < 4.78 is 0. The maximum absolute atomic E-state index is 5.88. The SMILES string of the molecule is CCC1CCCCC1C(NN)c1cc(C)nc(C)c1. The first-order chi connectivity index (χ1) is 9.15. The van der Waals surface area contributed by atoms with Gasteiger partial charge in [-0.05, 0) is 49.8 Å². The minimum absolute atomic E-state index is 0.269. The lowest BCUT2D eigenvalue weighted by Crippen LogP contribution is -2.38. The first-order valence-corrected chi connectivity index (χ1v) is 7.57. The number of hydrazine groups is 1. The van der Waals surface area contributed by atoms with Crippen molar-refractivity contribution in [2.75, 3.05) is 0 Å². The van der Waals surface area contributed by atoms with Crippen LogP contribution in [-0.2, 0) is 0 Å². The minimum Gasteiger partial charge on any atom is -0.271 e. The Hall–Kier alpha value is -0.930. The van der Waals surface area contributed by atoms with Gasteiger partial charge >= 0.3 is 0 Å². The quantitative estimate of drug-likeness (QED) is 0.645. The number of pyridine rings is 1. The molecule has 3 heteroatoms. The molecule has 1 aromatic heterocycles. The molecular formula is C16H27N3. The van der Waals surface area contributed by atoms with Crippen molar-refractivity contribution in [3.8, 4) is 0 Å². The Kier molecular flexibility index (Phi) is 4.94. The summed E-state index contributed by atoms with van der Waals surface area (Å²) in [5.41, 5.74) is 6.55. The van der Waals surface area contributed by atoms with Gasteiger partial charge in [0.1, 0.15) is 0 Å². The Balaban J connectivity index is 2.27. The fourth-order valence-corrected chi connectivity index (χ4v) is 3.70. The standard InChI is InChI=1S/C16H27N3/c1-4-13-7-5-6-8-15(13)16(19-17)14-9-11(2)18-12(3)10-14/h9-10,13,15-16,19H,4-8,17H2,1-3H3. The van der Waals surface area contributed by atoms with Crippen molar-refractivity contribution in [1.82, 2.24) is 10.4 Å². The fourth-order valence-electron chi connectivity index (χ4n) is 3.70. The van der Waals surface area contributed by atoms with Crippen molar-refractivity contribution in [2.45, 2.75) is 58.9 Å². The maximum Gasteiger partial charge on any atom is 0.0492 e. The predicted molar refractivity (Wildman–Crippen MR) is 79.5 cm³/mol. The lowest BCUT2D eigenvalue weighted by molar-refractivity contribution is 0.176. The van der Waals surface area contributed by atoms with Crippen LogP contribution in [0.3, 0.4) is 0 Å². The van der Waals surface area contributed by atoms with Crippen molar-refractivity contribution in [1.29, 1.82) is 0 Å². The van der Waals surface area contributed by atoms with E-state index >= 15 is 0 Å². The molecule has 3 atom stereocenters. The highest BCUT2D eigenvalue weighted by atomic mass is 15.2. The van der Waals surface area contributed by atoms with Gasteiger partial charge in [-0.1, -0.05) is 32.6 Å². The number of rotatable bonds is 4. The lowest BCUT2D eigenvalue weighted by Gasteiger charge is -2.37. The second-order valence-corrected chi connectivity index (χ2v) is 5.94. The molecule has 1 aromatic rings. The average Bonchev–Trinajstić information content (AvgIpc) is 2.39. The number of nitrogens with one attached hydrogen (secondary N) is 1. The Morgan fingerprint density at radius 3 is 2.47 bits per heavy atom. The average molecular weight is 261 g/mol. The summed E-state index contributed by atoms with van der Waals surface area (Å²) in [5.74, 6) is 7.33. The van der Waals surface area contributed by atoms with Crippen LogP contribution in [0.15, 0.2) is 12.1 Å². The predicted octanol–water partition coefficient (Wildman–Crippen LogP) is 3.42. The van der Waals surface area contributed by atoms with E-state index in [0.717, 1.165) is 17.3 Å². The molecule has 19 heavy (non-hydrogen) atoms. The first kappa shape index (κ1) is 14.5. The van der Waals surface area contributed by atoms with E-state index in [4.69, 9.17) is 5.84 Å². The molecule has 2 rings (SSSR count). The van der Waals surface area contributed by atoms with Crippen molar-refractivity contribution >= 4 is 0 Å². The second-order valence-electron chi connectivity index (χ2n) is 5.94. The monoisotopic (exact) mass is 261 g/mol. The van der Waals surface area contributed by atoms with Crippen LogP contribution < -0.4 is 11.3 Å². The zero-order valence-electron chi connectivity index (χ0n) is 12.4. The van der Waals surface area contributed by atoms with Crippen LogP contribution in [-0.4, -0.2) is 4.98 Å². The third kappa shape index (κ3) is 3.34. The van der Waals surface area contributed by atoms with Crippen molar-refractivity contribution in [3.63, 3.8) is 0 Å². The molecular weight excluding hydrogens is 234 g/mol. The molecule has 0 bridgehead atoms. The normalized spacial score (nSPS) is 25.3. The van der Waals surface area contributed by atoms with Crippen LogP contribution in [0, 0.1) is 25.7 Å². The van der Waals surface area contributed by atoms with E-state index in [9.17, 15) is 0 Å². The molecule has 3 N–H and O–H groups in total. The van der Waals surface area contributed by atoms with E-state index in [2.05, 4.69) is 43.3 Å². The zero-order valence-corrected chi connectivity index (χ0v) is 12.4. The largest absolute Gasteiger partial charge is 0.271 e. The van der Waals surface area contributed by atoms with E-state index in [0.29, 0.717) is 5.92 Å². The van der Waals surface area contributed by atoms with Crippen LogP contribution in [0.1, 0.15) is 62.0 Å². The van der Waals surface area contributed by atoms with Crippen LogP contribution in [0.5, 0.6) is 0 Å². The molecule has 0 radical (unpaired) electrons. The number of hydrogen-bond donors (Lipinski definition) is 2. The van der Waals surface area contributed by atoms with Gasteiger partial charge in [0.15, 0.2) is 0 Å². The maximum atomic E-state index is 5.88.